The van der Waals surface area contributed by atoms with Gasteiger partial charge >= 0.3 is 5.97 Å². The summed E-state index contributed by atoms with van der Waals surface area (Å²) >= 11 is 11.7. The van der Waals surface area contributed by atoms with Gasteiger partial charge in [-0.15, -0.1) is 0 Å². The fraction of sp³-hybridized carbons (Fsp3) is 0.333. The zero-order chi connectivity index (χ0) is 21.7. The molecule has 0 atom stereocenters. The third kappa shape index (κ3) is 5.40. The molecule has 3 rings (SSSR count). The fourth-order valence-corrected chi connectivity index (χ4v) is 5.04. The first-order valence-corrected chi connectivity index (χ1v) is 11.7. The van der Waals surface area contributed by atoms with Gasteiger partial charge in [0.25, 0.3) is 0 Å². The highest BCUT2D eigenvalue weighted by Crippen LogP contribution is 2.23. The molecule has 1 fully saturated rings. The van der Waals surface area contributed by atoms with E-state index in [4.69, 9.17) is 27.9 Å². The second-order valence-electron chi connectivity index (χ2n) is 6.97. The molecule has 1 aliphatic heterocycles. The molecular weight excluding hydrogens is 449 g/mol. The zero-order valence-electron chi connectivity index (χ0n) is 16.1. The van der Waals surface area contributed by atoms with Crippen LogP contribution in [-0.2, 0) is 14.8 Å². The topological polar surface area (TPSA) is 80.8 Å². The van der Waals surface area contributed by atoms with E-state index in [1.165, 1.54) is 46.8 Å². The number of rotatable bonds is 6. The molecule has 30 heavy (non-hydrogen) atoms. The molecule has 6 nitrogen and oxygen atoms in total. The standard InChI is InChI=1S/C21H21Cl2NO5S/c22-18-9-8-15(13-19(18)23)20(25)14-29-21(26)16-6-5-7-17(12-16)30(27,28)24-10-3-1-2-4-11-24/h5-9,12-13H,1-4,10-11,14H2. The second kappa shape index (κ2) is 9.92. The van der Waals surface area contributed by atoms with Crippen molar-refractivity contribution in [2.45, 2.75) is 30.6 Å². The maximum atomic E-state index is 12.9. The summed E-state index contributed by atoms with van der Waals surface area (Å²) in [6, 6.07) is 10.0. The molecular formula is C21H21Cl2NO5S. The van der Waals surface area contributed by atoms with E-state index in [1.807, 2.05) is 0 Å². The zero-order valence-corrected chi connectivity index (χ0v) is 18.5. The molecule has 0 N–H and O–H groups in total. The van der Waals surface area contributed by atoms with Crippen LogP contribution in [0.25, 0.3) is 0 Å². The summed E-state index contributed by atoms with van der Waals surface area (Å²) < 4.78 is 32.4. The van der Waals surface area contributed by atoms with E-state index in [1.54, 1.807) is 0 Å². The molecule has 160 valence electrons. The molecule has 0 radical (unpaired) electrons. The lowest BCUT2D eigenvalue weighted by molar-refractivity contribution is 0.0474. The molecule has 2 aromatic rings. The number of hydrogen-bond donors (Lipinski definition) is 0. The Kier molecular flexibility index (Phi) is 7.52. The molecule has 0 aromatic heterocycles. The van der Waals surface area contributed by atoms with Gasteiger partial charge in [0, 0.05) is 18.7 Å². The molecule has 0 saturated carbocycles. The fourth-order valence-electron chi connectivity index (χ4n) is 3.18. The van der Waals surface area contributed by atoms with Crippen LogP contribution in [0.4, 0.5) is 0 Å². The van der Waals surface area contributed by atoms with Gasteiger partial charge in [0.2, 0.25) is 10.0 Å². The van der Waals surface area contributed by atoms with Crippen molar-refractivity contribution in [3.05, 3.63) is 63.6 Å². The molecule has 0 spiro atoms. The summed E-state index contributed by atoms with van der Waals surface area (Å²) in [6.45, 7) is 0.435. The molecule has 2 aromatic carbocycles. The molecule has 1 heterocycles. The van der Waals surface area contributed by atoms with Gasteiger partial charge in [-0.05, 0) is 49.2 Å². The highest BCUT2D eigenvalue weighted by atomic mass is 35.5. The van der Waals surface area contributed by atoms with Crippen LogP contribution in [0.3, 0.4) is 0 Å². The third-order valence-corrected chi connectivity index (χ3v) is 7.48. The van der Waals surface area contributed by atoms with E-state index in [2.05, 4.69) is 0 Å². The molecule has 0 unspecified atom stereocenters. The average Bonchev–Trinajstić information content (AvgIpc) is 3.04. The minimum absolute atomic E-state index is 0.0367. The quantitative estimate of drug-likeness (QED) is 0.456. The van der Waals surface area contributed by atoms with Crippen molar-refractivity contribution in [3.8, 4) is 0 Å². The maximum absolute atomic E-state index is 12.9. The minimum Gasteiger partial charge on any atom is -0.454 e. The largest absolute Gasteiger partial charge is 0.454 e. The highest BCUT2D eigenvalue weighted by molar-refractivity contribution is 7.89. The first-order valence-electron chi connectivity index (χ1n) is 9.54. The van der Waals surface area contributed by atoms with Crippen LogP contribution in [0.2, 0.25) is 10.0 Å². The van der Waals surface area contributed by atoms with Crippen molar-refractivity contribution >= 4 is 45.0 Å². The normalized spacial score (nSPS) is 15.4. The number of ether oxygens (including phenoxy) is 1. The Bertz CT molecular complexity index is 1050. The van der Waals surface area contributed by atoms with E-state index in [0.29, 0.717) is 18.1 Å². The molecule has 0 aliphatic carbocycles. The minimum atomic E-state index is -3.69. The lowest BCUT2D eigenvalue weighted by atomic mass is 10.1. The molecule has 1 aliphatic rings. The lowest BCUT2D eigenvalue weighted by Crippen LogP contribution is -2.32. The van der Waals surface area contributed by atoms with Gasteiger partial charge in [0.05, 0.1) is 20.5 Å². The summed E-state index contributed by atoms with van der Waals surface area (Å²) in [6.07, 6.45) is 3.64. The van der Waals surface area contributed by atoms with Gasteiger partial charge in [0.15, 0.2) is 12.4 Å². The summed E-state index contributed by atoms with van der Waals surface area (Å²) in [4.78, 5) is 24.6. The number of benzene rings is 2. The van der Waals surface area contributed by atoms with Crippen molar-refractivity contribution in [1.29, 1.82) is 0 Å². The van der Waals surface area contributed by atoms with Gasteiger partial charge in [0.1, 0.15) is 0 Å². The van der Waals surface area contributed by atoms with E-state index in [0.717, 1.165) is 25.7 Å². The number of carbonyl (C=O) groups is 2. The van der Waals surface area contributed by atoms with Crippen LogP contribution in [0, 0.1) is 0 Å². The Hall–Kier alpha value is -1.93. The predicted molar refractivity (Wildman–Crippen MR) is 115 cm³/mol. The molecule has 9 heteroatoms. The first kappa shape index (κ1) is 22.7. The number of carbonyl (C=O) groups excluding carboxylic acids is 2. The van der Waals surface area contributed by atoms with Gasteiger partial charge < -0.3 is 4.74 Å². The number of sulfonamides is 1. The van der Waals surface area contributed by atoms with Crippen molar-refractivity contribution in [3.63, 3.8) is 0 Å². The number of Topliss-reactive ketones (excluding diaryl/α,β-unsaturated/α-hetero) is 1. The van der Waals surface area contributed by atoms with E-state index < -0.39 is 28.4 Å². The van der Waals surface area contributed by atoms with Crippen LogP contribution >= 0.6 is 23.2 Å². The van der Waals surface area contributed by atoms with Gasteiger partial charge in [-0.25, -0.2) is 13.2 Å². The van der Waals surface area contributed by atoms with Crippen molar-refractivity contribution in [1.82, 2.24) is 4.31 Å². The lowest BCUT2D eigenvalue weighted by Gasteiger charge is -2.20. The summed E-state index contributed by atoms with van der Waals surface area (Å²) in [5, 5.41) is 0.535. The number of ketones is 1. The number of nitrogens with zero attached hydrogens (tertiary/aromatic N) is 1. The molecule has 0 amide bonds. The van der Waals surface area contributed by atoms with E-state index in [9.17, 15) is 18.0 Å². The maximum Gasteiger partial charge on any atom is 0.338 e. The Morgan fingerprint density at radius 2 is 1.60 bits per heavy atom. The third-order valence-electron chi connectivity index (χ3n) is 4.85. The van der Waals surface area contributed by atoms with Gasteiger partial charge in [-0.3, -0.25) is 4.79 Å². The second-order valence-corrected chi connectivity index (χ2v) is 9.73. The number of halogens is 2. The SMILES string of the molecule is O=C(COC(=O)c1cccc(S(=O)(=O)N2CCCCCC2)c1)c1ccc(Cl)c(Cl)c1. The van der Waals surface area contributed by atoms with E-state index in [-0.39, 0.29) is 21.0 Å². The number of esters is 1. The van der Waals surface area contributed by atoms with Crippen LogP contribution < -0.4 is 0 Å². The van der Waals surface area contributed by atoms with Gasteiger partial charge in [-0.2, -0.15) is 4.31 Å². The smallest absolute Gasteiger partial charge is 0.338 e. The van der Waals surface area contributed by atoms with E-state index >= 15 is 0 Å². The van der Waals surface area contributed by atoms with Crippen LogP contribution in [0.5, 0.6) is 0 Å². The van der Waals surface area contributed by atoms with Crippen molar-refractivity contribution in [2.24, 2.45) is 0 Å². The highest BCUT2D eigenvalue weighted by Gasteiger charge is 2.26. The Balaban J connectivity index is 1.69. The molecule has 1 saturated heterocycles. The van der Waals surface area contributed by atoms with Crippen LogP contribution in [0.15, 0.2) is 47.4 Å². The Morgan fingerprint density at radius 1 is 0.900 bits per heavy atom. The predicted octanol–water partition coefficient (Wildman–Crippen LogP) is 4.60. The van der Waals surface area contributed by atoms with Gasteiger partial charge in [-0.1, -0.05) is 42.1 Å². The average molecular weight is 470 g/mol. The molecule has 0 bridgehead atoms. The Labute approximate surface area is 185 Å². The van der Waals surface area contributed by atoms with Crippen LogP contribution in [0.1, 0.15) is 46.4 Å². The van der Waals surface area contributed by atoms with Crippen molar-refractivity contribution in [2.75, 3.05) is 19.7 Å². The van der Waals surface area contributed by atoms with Crippen LogP contribution in [-0.4, -0.2) is 44.2 Å². The Morgan fingerprint density at radius 3 is 2.27 bits per heavy atom. The monoisotopic (exact) mass is 469 g/mol. The summed E-state index contributed by atoms with van der Waals surface area (Å²) in [7, 11) is -3.69. The number of hydrogen-bond acceptors (Lipinski definition) is 5. The summed E-state index contributed by atoms with van der Waals surface area (Å²) in [5.74, 6) is -1.23. The first-order chi connectivity index (χ1) is 14.3. The summed E-state index contributed by atoms with van der Waals surface area (Å²) in [5.41, 5.74) is 0.322. The van der Waals surface area contributed by atoms with Crippen molar-refractivity contribution < 1.29 is 22.7 Å².